The van der Waals surface area contributed by atoms with Gasteiger partial charge in [0.05, 0.1) is 12.1 Å². The van der Waals surface area contributed by atoms with Crippen molar-refractivity contribution >= 4 is 34.5 Å². The van der Waals surface area contributed by atoms with E-state index in [1.807, 2.05) is 22.2 Å². The molecular weight excluding hydrogens is 397 g/mol. The van der Waals surface area contributed by atoms with Gasteiger partial charge in [0.1, 0.15) is 10.8 Å². The summed E-state index contributed by atoms with van der Waals surface area (Å²) < 4.78 is 13.0. The molecule has 0 aliphatic carbocycles. The zero-order chi connectivity index (χ0) is 19.5. The number of nitrogens with zero attached hydrogens (tertiary/aromatic N) is 3. The lowest BCUT2D eigenvalue weighted by Gasteiger charge is -2.34. The average molecular weight is 416 g/mol. The van der Waals surface area contributed by atoms with Gasteiger partial charge in [-0.15, -0.1) is 11.3 Å². The summed E-state index contributed by atoms with van der Waals surface area (Å²) in [7, 11) is 0. The molecule has 1 aromatic carbocycles. The molecule has 0 N–H and O–H groups in total. The van der Waals surface area contributed by atoms with E-state index in [2.05, 4.69) is 4.98 Å². The van der Waals surface area contributed by atoms with E-state index in [-0.39, 0.29) is 24.1 Å². The van der Waals surface area contributed by atoms with Gasteiger partial charge in [0.25, 0.3) is 5.91 Å². The number of rotatable bonds is 4. The summed E-state index contributed by atoms with van der Waals surface area (Å²) in [6, 6.07) is 7.56. The molecule has 0 atom stereocenters. The highest BCUT2D eigenvalue weighted by atomic mass is 32.1. The molecule has 1 fully saturated rings. The zero-order valence-electron chi connectivity index (χ0n) is 15.0. The fourth-order valence-electron chi connectivity index (χ4n) is 3.11. The van der Waals surface area contributed by atoms with Crippen molar-refractivity contribution in [1.82, 2.24) is 14.8 Å². The average Bonchev–Trinajstić information content (AvgIpc) is 3.40. The van der Waals surface area contributed by atoms with Crippen molar-refractivity contribution < 1.29 is 14.0 Å². The molecule has 28 heavy (non-hydrogen) atoms. The van der Waals surface area contributed by atoms with Gasteiger partial charge < -0.3 is 9.80 Å². The van der Waals surface area contributed by atoms with Crippen LogP contribution in [0.25, 0.3) is 10.6 Å². The molecule has 2 aromatic heterocycles. The van der Waals surface area contributed by atoms with E-state index in [9.17, 15) is 14.0 Å². The molecule has 3 heterocycles. The van der Waals surface area contributed by atoms with Crippen molar-refractivity contribution in [3.8, 4) is 10.6 Å². The Morgan fingerprint density at radius 2 is 1.71 bits per heavy atom. The van der Waals surface area contributed by atoms with Crippen molar-refractivity contribution in [3.63, 3.8) is 0 Å². The molecule has 5 nitrogen and oxygen atoms in total. The first-order valence-corrected chi connectivity index (χ1v) is 10.7. The van der Waals surface area contributed by atoms with Crippen LogP contribution in [0, 0.1) is 5.82 Å². The minimum Gasteiger partial charge on any atom is -0.339 e. The van der Waals surface area contributed by atoms with Crippen molar-refractivity contribution in [3.05, 3.63) is 63.5 Å². The van der Waals surface area contributed by atoms with Crippen LogP contribution in [0.5, 0.6) is 0 Å². The minimum atomic E-state index is -0.365. The van der Waals surface area contributed by atoms with Crippen LogP contribution in [-0.4, -0.2) is 52.8 Å². The number of amides is 2. The summed E-state index contributed by atoms with van der Waals surface area (Å²) in [4.78, 5) is 33.1. The van der Waals surface area contributed by atoms with Crippen LogP contribution in [0.3, 0.4) is 0 Å². The molecule has 0 unspecified atom stereocenters. The predicted octanol–water partition coefficient (Wildman–Crippen LogP) is 3.54. The van der Waals surface area contributed by atoms with Crippen molar-refractivity contribution in [2.24, 2.45) is 0 Å². The molecule has 3 aromatic rings. The fourth-order valence-corrected chi connectivity index (χ4v) is 4.64. The Morgan fingerprint density at radius 3 is 2.39 bits per heavy atom. The second kappa shape index (κ2) is 8.20. The largest absolute Gasteiger partial charge is 0.339 e. The maximum Gasteiger partial charge on any atom is 0.253 e. The van der Waals surface area contributed by atoms with Crippen LogP contribution in [-0.2, 0) is 11.2 Å². The van der Waals surface area contributed by atoms with Crippen LogP contribution < -0.4 is 0 Å². The van der Waals surface area contributed by atoms with Gasteiger partial charge in [0.15, 0.2) is 0 Å². The Kier molecular flexibility index (Phi) is 5.50. The first-order valence-electron chi connectivity index (χ1n) is 8.90. The second-order valence-electron chi connectivity index (χ2n) is 6.51. The molecule has 144 valence electrons. The third-order valence-corrected chi connectivity index (χ3v) is 6.29. The summed E-state index contributed by atoms with van der Waals surface area (Å²) in [5.41, 5.74) is 2.33. The molecule has 0 radical (unpaired) electrons. The number of carbonyl (C=O) groups is 2. The van der Waals surface area contributed by atoms with Gasteiger partial charge in [-0.25, -0.2) is 9.37 Å². The molecule has 2 amide bonds. The Bertz CT molecular complexity index is 962. The van der Waals surface area contributed by atoms with E-state index in [1.165, 1.54) is 24.3 Å². The normalized spacial score (nSPS) is 14.3. The van der Waals surface area contributed by atoms with Gasteiger partial charge in [0.2, 0.25) is 5.91 Å². The van der Waals surface area contributed by atoms with E-state index in [0.717, 1.165) is 16.3 Å². The lowest BCUT2D eigenvalue weighted by Crippen LogP contribution is -2.51. The van der Waals surface area contributed by atoms with Gasteiger partial charge in [-0.1, -0.05) is 0 Å². The standard InChI is InChI=1S/C20H18FN3O2S2/c21-16-3-1-14(2-4-16)20(26)24-8-6-23(7-9-24)18(25)11-17-13-28-19(22-17)15-5-10-27-12-15/h1-5,10,12-13H,6-9,11H2. The SMILES string of the molecule is O=C(Cc1csc(-c2ccsc2)n1)N1CCN(C(=O)c2ccc(F)cc2)CC1. The Hall–Kier alpha value is -2.58. The maximum absolute atomic E-state index is 13.0. The highest BCUT2D eigenvalue weighted by Crippen LogP contribution is 2.26. The van der Waals surface area contributed by atoms with Crippen molar-refractivity contribution in [2.75, 3.05) is 26.2 Å². The molecule has 0 spiro atoms. The Morgan fingerprint density at radius 1 is 1.00 bits per heavy atom. The number of benzene rings is 1. The molecule has 1 aliphatic heterocycles. The number of piperazine rings is 1. The maximum atomic E-state index is 13.0. The highest BCUT2D eigenvalue weighted by Gasteiger charge is 2.25. The van der Waals surface area contributed by atoms with E-state index < -0.39 is 0 Å². The molecule has 8 heteroatoms. The third kappa shape index (κ3) is 4.13. The van der Waals surface area contributed by atoms with Crippen LogP contribution in [0.1, 0.15) is 16.1 Å². The van der Waals surface area contributed by atoms with Crippen LogP contribution in [0.2, 0.25) is 0 Å². The van der Waals surface area contributed by atoms with Gasteiger partial charge in [-0.2, -0.15) is 11.3 Å². The quantitative estimate of drug-likeness (QED) is 0.655. The van der Waals surface area contributed by atoms with Gasteiger partial charge in [-0.05, 0) is 35.7 Å². The summed E-state index contributed by atoms with van der Waals surface area (Å²) in [6.45, 7) is 1.93. The topological polar surface area (TPSA) is 53.5 Å². The van der Waals surface area contributed by atoms with Crippen LogP contribution >= 0.6 is 22.7 Å². The number of hydrogen-bond donors (Lipinski definition) is 0. The van der Waals surface area contributed by atoms with Crippen molar-refractivity contribution in [2.45, 2.75) is 6.42 Å². The fraction of sp³-hybridized carbons (Fsp3) is 0.250. The van der Waals surface area contributed by atoms with Crippen molar-refractivity contribution in [1.29, 1.82) is 0 Å². The highest BCUT2D eigenvalue weighted by molar-refractivity contribution is 7.14. The summed E-state index contributed by atoms with van der Waals surface area (Å²) in [6.07, 6.45) is 0.270. The van der Waals surface area contributed by atoms with E-state index in [0.29, 0.717) is 31.7 Å². The Balaban J connectivity index is 1.31. The monoisotopic (exact) mass is 415 g/mol. The molecule has 1 aliphatic rings. The minimum absolute atomic E-state index is 0.0241. The lowest BCUT2D eigenvalue weighted by atomic mass is 10.1. The van der Waals surface area contributed by atoms with Crippen LogP contribution in [0.15, 0.2) is 46.5 Å². The number of carbonyl (C=O) groups excluding carboxylic acids is 2. The Labute approximate surface area is 170 Å². The summed E-state index contributed by atoms with van der Waals surface area (Å²) in [5, 5.41) is 6.91. The molecule has 0 saturated carbocycles. The predicted molar refractivity (Wildman–Crippen MR) is 108 cm³/mol. The third-order valence-electron chi connectivity index (χ3n) is 4.66. The molecule has 0 bridgehead atoms. The number of thiophene rings is 1. The molecule has 4 rings (SSSR count). The van der Waals surface area contributed by atoms with E-state index in [4.69, 9.17) is 0 Å². The van der Waals surface area contributed by atoms with Gasteiger partial charge in [-0.3, -0.25) is 9.59 Å². The van der Waals surface area contributed by atoms with Gasteiger partial charge in [0, 0.05) is 48.1 Å². The first kappa shape index (κ1) is 18.8. The first-order chi connectivity index (χ1) is 13.6. The number of halogens is 1. The molecule has 1 saturated heterocycles. The van der Waals surface area contributed by atoms with E-state index in [1.54, 1.807) is 32.5 Å². The van der Waals surface area contributed by atoms with Gasteiger partial charge >= 0.3 is 0 Å². The smallest absolute Gasteiger partial charge is 0.253 e. The number of hydrogen-bond acceptors (Lipinski definition) is 5. The summed E-state index contributed by atoms with van der Waals surface area (Å²) in [5.74, 6) is -0.473. The second-order valence-corrected chi connectivity index (χ2v) is 8.15. The lowest BCUT2D eigenvalue weighted by molar-refractivity contribution is -0.132. The summed E-state index contributed by atoms with van der Waals surface area (Å²) >= 11 is 3.17. The zero-order valence-corrected chi connectivity index (χ0v) is 16.6. The van der Waals surface area contributed by atoms with E-state index >= 15 is 0 Å². The number of aromatic nitrogens is 1. The van der Waals surface area contributed by atoms with Crippen LogP contribution in [0.4, 0.5) is 4.39 Å². The molecular formula is C20H18FN3O2S2. The number of thiazole rings is 1.